The van der Waals surface area contributed by atoms with Gasteiger partial charge in [-0.25, -0.2) is 4.39 Å². The molecule has 0 aromatic heterocycles. The predicted octanol–water partition coefficient (Wildman–Crippen LogP) is 3.84. The van der Waals surface area contributed by atoms with Crippen LogP contribution < -0.4 is 0 Å². The first kappa shape index (κ1) is 13.3. The van der Waals surface area contributed by atoms with Crippen molar-refractivity contribution in [3.63, 3.8) is 0 Å². The summed E-state index contributed by atoms with van der Waals surface area (Å²) in [7, 11) is 0. The molecule has 3 atom stereocenters. The quantitative estimate of drug-likeness (QED) is 0.838. The minimum atomic E-state index is -0.967. The van der Waals surface area contributed by atoms with Crippen LogP contribution in [0.5, 0.6) is 0 Å². The van der Waals surface area contributed by atoms with Crippen molar-refractivity contribution in [3.05, 3.63) is 33.0 Å². The zero-order chi connectivity index (χ0) is 12.6. The van der Waals surface area contributed by atoms with Crippen LogP contribution in [0.25, 0.3) is 0 Å². The lowest BCUT2D eigenvalue weighted by molar-refractivity contribution is -0.0310. The van der Waals surface area contributed by atoms with Gasteiger partial charge in [0.05, 0.1) is 17.2 Å². The van der Waals surface area contributed by atoms with Gasteiger partial charge in [0.2, 0.25) is 0 Å². The summed E-state index contributed by atoms with van der Waals surface area (Å²) in [5.41, 5.74) is 0.192. The second kappa shape index (κ2) is 5.22. The summed E-state index contributed by atoms with van der Waals surface area (Å²) in [5, 5.41) is 10.5. The van der Waals surface area contributed by atoms with Crippen molar-refractivity contribution in [2.24, 2.45) is 0 Å². The van der Waals surface area contributed by atoms with E-state index in [9.17, 15) is 9.50 Å². The molecule has 0 radical (unpaired) electrons. The van der Waals surface area contributed by atoms with Gasteiger partial charge in [-0.15, -0.1) is 0 Å². The number of hydrogen-bond donors (Lipinski definition) is 1. The topological polar surface area (TPSA) is 29.5 Å². The summed E-state index contributed by atoms with van der Waals surface area (Å²) in [6.45, 7) is 1.94. The first-order valence-electron chi connectivity index (χ1n) is 5.47. The van der Waals surface area contributed by atoms with E-state index in [-0.39, 0.29) is 17.8 Å². The van der Waals surface area contributed by atoms with Crippen LogP contribution in [0.1, 0.15) is 31.4 Å². The van der Waals surface area contributed by atoms with Gasteiger partial charge >= 0.3 is 0 Å². The van der Waals surface area contributed by atoms with Gasteiger partial charge in [0.25, 0.3) is 0 Å². The molecule has 0 saturated carbocycles. The van der Waals surface area contributed by atoms with E-state index in [4.69, 9.17) is 16.3 Å². The van der Waals surface area contributed by atoms with Gasteiger partial charge in [0, 0.05) is 10.0 Å². The third-order valence-corrected chi connectivity index (χ3v) is 4.17. The fraction of sp³-hybridized carbons (Fsp3) is 0.500. The van der Waals surface area contributed by atoms with Crippen LogP contribution in [0.15, 0.2) is 16.6 Å². The Morgan fingerprint density at radius 3 is 2.82 bits per heavy atom. The predicted molar refractivity (Wildman–Crippen MR) is 67.6 cm³/mol. The molecule has 1 aromatic carbocycles. The lowest BCUT2D eigenvalue weighted by atomic mass is 10.0. The molecule has 1 heterocycles. The molecule has 1 aliphatic rings. The summed E-state index contributed by atoms with van der Waals surface area (Å²) in [4.78, 5) is 0. The molecular weight excluding hydrogens is 310 g/mol. The van der Waals surface area contributed by atoms with Crippen LogP contribution >= 0.6 is 27.5 Å². The third kappa shape index (κ3) is 2.81. The number of rotatable bonds is 2. The van der Waals surface area contributed by atoms with E-state index in [1.165, 1.54) is 12.1 Å². The van der Waals surface area contributed by atoms with Crippen LogP contribution in [0.3, 0.4) is 0 Å². The Morgan fingerprint density at radius 1 is 1.53 bits per heavy atom. The van der Waals surface area contributed by atoms with E-state index in [1.54, 1.807) is 0 Å². The lowest BCUT2D eigenvalue weighted by Crippen LogP contribution is -2.19. The normalized spacial score (nSPS) is 26.2. The molecule has 1 aliphatic heterocycles. The van der Waals surface area contributed by atoms with Gasteiger partial charge in [-0.05, 0) is 47.8 Å². The molecule has 0 aliphatic carbocycles. The van der Waals surface area contributed by atoms with Gasteiger partial charge in [-0.3, -0.25) is 0 Å². The SMILES string of the molecule is CC1CCC(C(O)c2cc(Cl)c(Br)cc2F)O1. The summed E-state index contributed by atoms with van der Waals surface area (Å²) < 4.78 is 19.7. The number of aliphatic hydroxyl groups excluding tert-OH is 1. The Hall–Kier alpha value is -0.160. The average Bonchev–Trinajstić information content (AvgIpc) is 2.69. The minimum Gasteiger partial charge on any atom is -0.386 e. The van der Waals surface area contributed by atoms with E-state index >= 15 is 0 Å². The van der Waals surface area contributed by atoms with Gasteiger partial charge < -0.3 is 9.84 Å². The molecule has 1 N–H and O–H groups in total. The average molecular weight is 324 g/mol. The Labute approximate surface area is 113 Å². The summed E-state index contributed by atoms with van der Waals surface area (Å²) in [6, 6.07) is 2.71. The van der Waals surface area contributed by atoms with Crippen molar-refractivity contribution in [1.82, 2.24) is 0 Å². The molecular formula is C12H13BrClFO2. The van der Waals surface area contributed by atoms with Crippen LogP contribution in [-0.2, 0) is 4.74 Å². The number of aliphatic hydroxyl groups is 1. The maximum Gasteiger partial charge on any atom is 0.130 e. The van der Waals surface area contributed by atoms with E-state index in [0.717, 1.165) is 12.8 Å². The highest BCUT2D eigenvalue weighted by molar-refractivity contribution is 9.10. The van der Waals surface area contributed by atoms with Crippen LogP contribution in [0.2, 0.25) is 5.02 Å². The number of halogens is 3. The molecule has 0 amide bonds. The largest absolute Gasteiger partial charge is 0.386 e. The van der Waals surface area contributed by atoms with E-state index in [0.29, 0.717) is 9.50 Å². The Kier molecular flexibility index (Phi) is 4.08. The Bertz CT molecular complexity index is 427. The number of ether oxygens (including phenoxy) is 1. The van der Waals surface area contributed by atoms with Crippen molar-refractivity contribution in [1.29, 1.82) is 0 Å². The van der Waals surface area contributed by atoms with Crippen molar-refractivity contribution < 1.29 is 14.2 Å². The van der Waals surface area contributed by atoms with Crippen LogP contribution in [-0.4, -0.2) is 17.3 Å². The van der Waals surface area contributed by atoms with Gasteiger partial charge in [-0.1, -0.05) is 11.6 Å². The minimum absolute atomic E-state index is 0.114. The monoisotopic (exact) mass is 322 g/mol. The molecule has 2 nitrogen and oxygen atoms in total. The van der Waals surface area contributed by atoms with Gasteiger partial charge in [-0.2, -0.15) is 0 Å². The molecule has 1 fully saturated rings. The second-order valence-electron chi connectivity index (χ2n) is 4.30. The van der Waals surface area contributed by atoms with E-state index in [2.05, 4.69) is 15.9 Å². The maximum atomic E-state index is 13.7. The van der Waals surface area contributed by atoms with E-state index in [1.807, 2.05) is 6.92 Å². The molecule has 0 spiro atoms. The molecule has 5 heteroatoms. The van der Waals surface area contributed by atoms with Gasteiger partial charge in [0.15, 0.2) is 0 Å². The second-order valence-corrected chi connectivity index (χ2v) is 5.56. The maximum absolute atomic E-state index is 13.7. The first-order valence-corrected chi connectivity index (χ1v) is 6.64. The summed E-state index contributed by atoms with van der Waals surface area (Å²) >= 11 is 9.04. The number of benzene rings is 1. The van der Waals surface area contributed by atoms with Crippen molar-refractivity contribution in [3.8, 4) is 0 Å². The summed E-state index contributed by atoms with van der Waals surface area (Å²) in [6.07, 6.45) is 0.411. The standard InChI is InChI=1S/C12H13BrClFO2/c1-6-2-3-11(17-6)12(16)7-4-9(14)8(13)5-10(7)15/h4-6,11-12,16H,2-3H2,1H3. The summed E-state index contributed by atoms with van der Waals surface area (Å²) in [5.74, 6) is -0.475. The third-order valence-electron chi connectivity index (χ3n) is 2.98. The van der Waals surface area contributed by atoms with Crippen LogP contribution in [0.4, 0.5) is 4.39 Å². The highest BCUT2D eigenvalue weighted by Gasteiger charge is 2.31. The zero-order valence-electron chi connectivity index (χ0n) is 9.29. The van der Waals surface area contributed by atoms with Crippen molar-refractivity contribution in [2.45, 2.75) is 38.1 Å². The molecule has 0 bridgehead atoms. The lowest BCUT2D eigenvalue weighted by Gasteiger charge is -2.19. The first-order chi connectivity index (χ1) is 7.99. The molecule has 1 aromatic rings. The highest BCUT2D eigenvalue weighted by atomic mass is 79.9. The molecule has 3 unspecified atom stereocenters. The van der Waals surface area contributed by atoms with Gasteiger partial charge in [0.1, 0.15) is 11.9 Å². The highest BCUT2D eigenvalue weighted by Crippen LogP contribution is 2.34. The van der Waals surface area contributed by atoms with Crippen molar-refractivity contribution in [2.75, 3.05) is 0 Å². The van der Waals surface area contributed by atoms with Crippen molar-refractivity contribution >= 4 is 27.5 Å². The fourth-order valence-electron chi connectivity index (χ4n) is 2.03. The molecule has 94 valence electrons. The molecule has 1 saturated heterocycles. The zero-order valence-corrected chi connectivity index (χ0v) is 11.6. The fourth-order valence-corrected chi connectivity index (χ4v) is 2.52. The van der Waals surface area contributed by atoms with E-state index < -0.39 is 11.9 Å². The van der Waals surface area contributed by atoms with Crippen LogP contribution in [0, 0.1) is 5.82 Å². The molecule has 17 heavy (non-hydrogen) atoms. The smallest absolute Gasteiger partial charge is 0.130 e. The number of hydrogen-bond acceptors (Lipinski definition) is 2. The Balaban J connectivity index is 2.24. The Morgan fingerprint density at radius 2 is 2.24 bits per heavy atom. The molecule has 2 rings (SSSR count).